The Bertz CT molecular complexity index is 912. The number of carbonyl (C=O) groups excluding carboxylic acids is 2. The number of methoxy groups -OCH3 is 2. The number of rotatable bonds is 11. The third-order valence-corrected chi connectivity index (χ3v) is 5.85. The van der Waals surface area contributed by atoms with E-state index < -0.39 is 6.04 Å². The first kappa shape index (κ1) is 25.2. The molecule has 32 heavy (non-hydrogen) atoms. The van der Waals surface area contributed by atoms with Gasteiger partial charge in [0.25, 0.3) is 0 Å². The Hall–Kier alpha value is -3.02. The van der Waals surface area contributed by atoms with E-state index in [1.807, 2.05) is 63.2 Å². The standard InChI is InChI=1S/C26H36N2O4/c1-7-19(3)27-26(30)20(4)28(17-22-11-9-8-10-18(22)2)25(29)15-13-21-12-14-23(31-5)24(16-21)32-6/h8-12,14,16,19-20H,7,13,15,17H2,1-6H3,(H,27,30)/t19-,20-/m1/s1. The predicted molar refractivity (Wildman–Crippen MR) is 127 cm³/mol. The van der Waals surface area contributed by atoms with Crippen LogP contribution in [0.4, 0.5) is 0 Å². The highest BCUT2D eigenvalue weighted by Gasteiger charge is 2.27. The lowest BCUT2D eigenvalue weighted by Crippen LogP contribution is -2.49. The van der Waals surface area contributed by atoms with E-state index >= 15 is 0 Å². The first-order chi connectivity index (χ1) is 15.3. The van der Waals surface area contributed by atoms with Gasteiger partial charge in [0.05, 0.1) is 14.2 Å². The maximum Gasteiger partial charge on any atom is 0.242 e. The SMILES string of the molecule is CC[C@@H](C)NC(=O)[C@@H](C)N(Cc1ccccc1C)C(=O)CCc1ccc(OC)c(OC)c1. The Morgan fingerprint density at radius 2 is 1.72 bits per heavy atom. The van der Waals surface area contributed by atoms with E-state index in [-0.39, 0.29) is 17.9 Å². The summed E-state index contributed by atoms with van der Waals surface area (Å²) in [6.45, 7) is 8.20. The molecule has 6 nitrogen and oxygen atoms in total. The fraction of sp³-hybridized carbons (Fsp3) is 0.462. The smallest absolute Gasteiger partial charge is 0.242 e. The Morgan fingerprint density at radius 1 is 1.03 bits per heavy atom. The van der Waals surface area contributed by atoms with Gasteiger partial charge < -0.3 is 19.7 Å². The van der Waals surface area contributed by atoms with Crippen LogP contribution >= 0.6 is 0 Å². The quantitative estimate of drug-likeness (QED) is 0.566. The molecule has 2 aromatic carbocycles. The molecular formula is C26H36N2O4. The van der Waals surface area contributed by atoms with Crippen LogP contribution < -0.4 is 14.8 Å². The number of amides is 2. The van der Waals surface area contributed by atoms with E-state index in [1.165, 1.54) is 0 Å². The number of aryl methyl sites for hydroxylation is 2. The number of nitrogens with one attached hydrogen (secondary N) is 1. The summed E-state index contributed by atoms with van der Waals surface area (Å²) < 4.78 is 10.7. The number of benzene rings is 2. The summed E-state index contributed by atoms with van der Waals surface area (Å²) in [5.74, 6) is 1.09. The molecule has 6 heteroatoms. The van der Waals surface area contributed by atoms with Crippen molar-refractivity contribution in [3.63, 3.8) is 0 Å². The van der Waals surface area contributed by atoms with E-state index in [9.17, 15) is 9.59 Å². The summed E-state index contributed by atoms with van der Waals surface area (Å²) in [6.07, 6.45) is 1.68. The highest BCUT2D eigenvalue weighted by atomic mass is 16.5. The molecule has 174 valence electrons. The van der Waals surface area contributed by atoms with Gasteiger partial charge in [-0.05, 0) is 62.4 Å². The molecule has 0 bridgehead atoms. The molecule has 0 radical (unpaired) electrons. The fourth-order valence-corrected chi connectivity index (χ4v) is 3.45. The molecule has 2 atom stereocenters. The summed E-state index contributed by atoms with van der Waals surface area (Å²) in [6, 6.07) is 13.1. The molecule has 0 unspecified atom stereocenters. The van der Waals surface area contributed by atoms with Crippen LogP contribution in [0.1, 0.15) is 50.3 Å². The maximum atomic E-state index is 13.3. The highest BCUT2D eigenvalue weighted by molar-refractivity contribution is 5.87. The minimum atomic E-state index is -0.568. The summed E-state index contributed by atoms with van der Waals surface area (Å²) >= 11 is 0. The number of nitrogens with zero attached hydrogens (tertiary/aromatic N) is 1. The van der Waals surface area contributed by atoms with Crippen molar-refractivity contribution in [2.45, 2.75) is 65.6 Å². The van der Waals surface area contributed by atoms with Gasteiger partial charge >= 0.3 is 0 Å². The van der Waals surface area contributed by atoms with E-state index in [1.54, 1.807) is 26.0 Å². The minimum absolute atomic E-state index is 0.0603. The zero-order chi connectivity index (χ0) is 23.7. The number of carbonyl (C=O) groups is 2. The second kappa shape index (κ2) is 12.1. The lowest BCUT2D eigenvalue weighted by Gasteiger charge is -2.30. The molecule has 0 aliphatic carbocycles. The van der Waals surface area contributed by atoms with Crippen LogP contribution in [0.15, 0.2) is 42.5 Å². The first-order valence-corrected chi connectivity index (χ1v) is 11.2. The molecule has 2 amide bonds. The Morgan fingerprint density at radius 3 is 2.34 bits per heavy atom. The Labute approximate surface area is 191 Å². The van der Waals surface area contributed by atoms with Crippen molar-refractivity contribution in [3.05, 3.63) is 59.2 Å². The van der Waals surface area contributed by atoms with Crippen LogP contribution in [-0.2, 0) is 22.6 Å². The largest absolute Gasteiger partial charge is 0.493 e. The van der Waals surface area contributed by atoms with Crippen LogP contribution in [0.25, 0.3) is 0 Å². The van der Waals surface area contributed by atoms with E-state index in [0.29, 0.717) is 30.9 Å². The number of hydrogen-bond donors (Lipinski definition) is 1. The normalized spacial score (nSPS) is 12.6. The van der Waals surface area contributed by atoms with Gasteiger partial charge in [-0.1, -0.05) is 37.3 Å². The van der Waals surface area contributed by atoms with Crippen LogP contribution in [0.2, 0.25) is 0 Å². The first-order valence-electron chi connectivity index (χ1n) is 11.2. The zero-order valence-corrected chi connectivity index (χ0v) is 20.1. The molecule has 0 aromatic heterocycles. The lowest BCUT2D eigenvalue weighted by atomic mass is 10.0. The Balaban J connectivity index is 2.19. The second-order valence-electron chi connectivity index (χ2n) is 8.13. The molecule has 2 aromatic rings. The van der Waals surface area contributed by atoms with E-state index in [2.05, 4.69) is 5.32 Å². The molecule has 0 aliphatic heterocycles. The molecule has 0 saturated carbocycles. The van der Waals surface area contributed by atoms with Crippen LogP contribution in [0.3, 0.4) is 0 Å². The van der Waals surface area contributed by atoms with Gasteiger partial charge in [0.1, 0.15) is 6.04 Å². The fourth-order valence-electron chi connectivity index (χ4n) is 3.45. The monoisotopic (exact) mass is 440 g/mol. The van der Waals surface area contributed by atoms with Gasteiger partial charge in [-0.3, -0.25) is 9.59 Å². The van der Waals surface area contributed by atoms with Crippen molar-refractivity contribution in [2.75, 3.05) is 14.2 Å². The topological polar surface area (TPSA) is 67.9 Å². The number of hydrogen-bond acceptors (Lipinski definition) is 4. The summed E-state index contributed by atoms with van der Waals surface area (Å²) in [7, 11) is 3.19. The molecule has 0 saturated heterocycles. The van der Waals surface area contributed by atoms with Crippen LogP contribution in [0.5, 0.6) is 11.5 Å². The molecule has 2 rings (SSSR count). The maximum absolute atomic E-state index is 13.3. The van der Waals surface area contributed by atoms with Gasteiger partial charge in [-0.25, -0.2) is 0 Å². The second-order valence-corrected chi connectivity index (χ2v) is 8.13. The van der Waals surface area contributed by atoms with Crippen molar-refractivity contribution in [2.24, 2.45) is 0 Å². The van der Waals surface area contributed by atoms with Gasteiger partial charge in [0.15, 0.2) is 11.5 Å². The number of ether oxygens (including phenoxy) is 2. The van der Waals surface area contributed by atoms with Gasteiger partial charge in [-0.2, -0.15) is 0 Å². The van der Waals surface area contributed by atoms with Crippen LogP contribution in [0, 0.1) is 6.92 Å². The average molecular weight is 441 g/mol. The molecular weight excluding hydrogens is 404 g/mol. The lowest BCUT2D eigenvalue weighted by molar-refractivity contribution is -0.140. The van der Waals surface area contributed by atoms with Crippen molar-refractivity contribution >= 4 is 11.8 Å². The summed E-state index contributed by atoms with van der Waals surface area (Å²) in [5.41, 5.74) is 3.11. The van der Waals surface area contributed by atoms with Crippen molar-refractivity contribution < 1.29 is 19.1 Å². The van der Waals surface area contributed by atoms with Gasteiger partial charge in [-0.15, -0.1) is 0 Å². The molecule has 0 spiro atoms. The Kier molecular flexibility index (Phi) is 9.57. The predicted octanol–water partition coefficient (Wildman–Crippen LogP) is 4.28. The molecule has 0 heterocycles. The van der Waals surface area contributed by atoms with E-state index in [4.69, 9.17) is 9.47 Å². The van der Waals surface area contributed by atoms with Crippen molar-refractivity contribution in [1.82, 2.24) is 10.2 Å². The van der Waals surface area contributed by atoms with Crippen molar-refractivity contribution in [1.29, 1.82) is 0 Å². The highest BCUT2D eigenvalue weighted by Crippen LogP contribution is 2.28. The molecule has 0 aliphatic rings. The van der Waals surface area contributed by atoms with Gasteiger partial charge in [0, 0.05) is 19.0 Å². The molecule has 1 N–H and O–H groups in total. The third kappa shape index (κ3) is 6.74. The molecule has 0 fully saturated rings. The minimum Gasteiger partial charge on any atom is -0.493 e. The average Bonchev–Trinajstić information content (AvgIpc) is 2.81. The summed E-state index contributed by atoms with van der Waals surface area (Å²) in [5, 5.41) is 3.00. The zero-order valence-electron chi connectivity index (χ0n) is 20.1. The third-order valence-electron chi connectivity index (χ3n) is 5.85. The van der Waals surface area contributed by atoms with Crippen molar-refractivity contribution in [3.8, 4) is 11.5 Å². The summed E-state index contributed by atoms with van der Waals surface area (Å²) in [4.78, 5) is 27.8. The van der Waals surface area contributed by atoms with Gasteiger partial charge in [0.2, 0.25) is 11.8 Å². The van der Waals surface area contributed by atoms with E-state index in [0.717, 1.165) is 23.1 Å². The van der Waals surface area contributed by atoms with Crippen LogP contribution in [-0.4, -0.2) is 43.0 Å².